The minimum absolute atomic E-state index is 0.0261. The number of piperazine rings is 1. The van der Waals surface area contributed by atoms with E-state index >= 15 is 0 Å². The van der Waals surface area contributed by atoms with Crippen molar-refractivity contribution >= 4 is 11.8 Å². The van der Waals surface area contributed by atoms with E-state index in [1.54, 1.807) is 0 Å². The van der Waals surface area contributed by atoms with Crippen LogP contribution in [0.15, 0.2) is 0 Å². The highest BCUT2D eigenvalue weighted by atomic mass is 16.2. The molecule has 23 heavy (non-hydrogen) atoms. The van der Waals surface area contributed by atoms with Gasteiger partial charge in [0.25, 0.3) is 0 Å². The molecule has 0 aromatic carbocycles. The average molecular weight is 319 g/mol. The smallest absolute Gasteiger partial charge is 0.234 e. The highest BCUT2D eigenvalue weighted by Gasteiger charge is 2.53. The van der Waals surface area contributed by atoms with Crippen LogP contribution in [0.1, 0.15) is 45.4 Å². The summed E-state index contributed by atoms with van der Waals surface area (Å²) in [5.41, 5.74) is 0.351. The Morgan fingerprint density at radius 3 is 2.43 bits per heavy atom. The molecule has 5 rings (SSSR count). The minimum Gasteiger partial charge on any atom is -0.354 e. The molecule has 4 saturated carbocycles. The lowest BCUT2D eigenvalue weighted by Crippen LogP contribution is -2.57. The average Bonchev–Trinajstić information content (AvgIpc) is 2.45. The zero-order valence-electron chi connectivity index (χ0n) is 14.1. The summed E-state index contributed by atoms with van der Waals surface area (Å²) < 4.78 is 0. The van der Waals surface area contributed by atoms with Gasteiger partial charge < -0.3 is 10.6 Å². The molecule has 1 atom stereocenters. The van der Waals surface area contributed by atoms with Gasteiger partial charge in [-0.15, -0.1) is 0 Å². The third-order valence-electron chi connectivity index (χ3n) is 6.87. The first-order valence-corrected chi connectivity index (χ1v) is 9.31. The van der Waals surface area contributed by atoms with Crippen molar-refractivity contribution in [3.05, 3.63) is 0 Å². The first kappa shape index (κ1) is 15.4. The van der Waals surface area contributed by atoms with Gasteiger partial charge in [0.2, 0.25) is 11.8 Å². The fourth-order valence-electron chi connectivity index (χ4n) is 6.18. The lowest BCUT2D eigenvalue weighted by Gasteiger charge is -2.59. The molecule has 0 aromatic rings. The SMILES string of the molecule is CC(NC(=O)CN1CCNC(=O)C1)C12CC3CC(CC(C3)C1)C2. The molecule has 4 aliphatic carbocycles. The summed E-state index contributed by atoms with van der Waals surface area (Å²) in [4.78, 5) is 25.8. The van der Waals surface area contributed by atoms with Crippen molar-refractivity contribution < 1.29 is 9.59 Å². The zero-order chi connectivity index (χ0) is 16.0. The van der Waals surface area contributed by atoms with Gasteiger partial charge in [-0.05, 0) is 68.6 Å². The molecule has 4 bridgehead atoms. The van der Waals surface area contributed by atoms with Crippen LogP contribution in [0.5, 0.6) is 0 Å². The van der Waals surface area contributed by atoms with Crippen molar-refractivity contribution in [2.45, 2.75) is 51.5 Å². The van der Waals surface area contributed by atoms with Crippen LogP contribution in [0.2, 0.25) is 0 Å². The lowest BCUT2D eigenvalue weighted by atomic mass is 9.48. The predicted molar refractivity (Wildman–Crippen MR) is 87.7 cm³/mol. The molecule has 5 nitrogen and oxygen atoms in total. The Morgan fingerprint density at radius 1 is 1.26 bits per heavy atom. The van der Waals surface area contributed by atoms with Gasteiger partial charge in [0.1, 0.15) is 0 Å². The minimum atomic E-state index is 0.0261. The molecular weight excluding hydrogens is 290 g/mol. The number of nitrogens with one attached hydrogen (secondary N) is 2. The second kappa shape index (κ2) is 5.76. The van der Waals surface area contributed by atoms with Gasteiger partial charge in [-0.25, -0.2) is 0 Å². The Hall–Kier alpha value is -1.10. The quantitative estimate of drug-likeness (QED) is 0.817. The van der Waals surface area contributed by atoms with Crippen LogP contribution < -0.4 is 10.6 Å². The Labute approximate surface area is 138 Å². The highest BCUT2D eigenvalue weighted by molar-refractivity contribution is 5.82. The number of amides is 2. The number of hydrogen-bond acceptors (Lipinski definition) is 3. The summed E-state index contributed by atoms with van der Waals surface area (Å²) in [6, 6.07) is 0.266. The molecule has 2 N–H and O–H groups in total. The molecule has 1 aliphatic heterocycles. The molecule has 5 fully saturated rings. The Kier molecular flexibility index (Phi) is 3.87. The molecule has 128 valence electrons. The van der Waals surface area contributed by atoms with E-state index in [0.717, 1.165) is 24.3 Å². The Bertz CT molecular complexity index is 469. The second-order valence-corrected chi connectivity index (χ2v) is 8.63. The van der Waals surface area contributed by atoms with Crippen LogP contribution in [-0.2, 0) is 9.59 Å². The van der Waals surface area contributed by atoms with Crippen LogP contribution in [0.25, 0.3) is 0 Å². The summed E-state index contributed by atoms with van der Waals surface area (Å²) in [7, 11) is 0. The Balaban J connectivity index is 1.35. The Morgan fingerprint density at radius 2 is 1.87 bits per heavy atom. The van der Waals surface area contributed by atoms with Gasteiger partial charge in [-0.3, -0.25) is 14.5 Å². The topological polar surface area (TPSA) is 61.4 Å². The van der Waals surface area contributed by atoms with Crippen LogP contribution >= 0.6 is 0 Å². The first-order valence-electron chi connectivity index (χ1n) is 9.31. The van der Waals surface area contributed by atoms with Crippen molar-refractivity contribution in [2.75, 3.05) is 26.2 Å². The van der Waals surface area contributed by atoms with Crippen LogP contribution in [0.3, 0.4) is 0 Å². The van der Waals surface area contributed by atoms with Crippen molar-refractivity contribution in [2.24, 2.45) is 23.2 Å². The molecule has 0 spiro atoms. The monoisotopic (exact) mass is 319 g/mol. The molecule has 5 aliphatic rings. The summed E-state index contributed by atoms with van der Waals surface area (Å²) >= 11 is 0. The van der Waals surface area contributed by atoms with Crippen LogP contribution in [-0.4, -0.2) is 48.9 Å². The zero-order valence-corrected chi connectivity index (χ0v) is 14.1. The van der Waals surface area contributed by atoms with Crippen molar-refractivity contribution in [3.63, 3.8) is 0 Å². The fourth-order valence-corrected chi connectivity index (χ4v) is 6.18. The number of hydrogen-bond donors (Lipinski definition) is 2. The van der Waals surface area contributed by atoms with Gasteiger partial charge in [-0.1, -0.05) is 0 Å². The highest BCUT2D eigenvalue weighted by Crippen LogP contribution is 2.61. The molecule has 5 heteroatoms. The predicted octanol–water partition coefficient (Wildman–Crippen LogP) is 1.14. The van der Waals surface area contributed by atoms with Crippen LogP contribution in [0.4, 0.5) is 0 Å². The maximum absolute atomic E-state index is 12.4. The largest absolute Gasteiger partial charge is 0.354 e. The molecule has 1 heterocycles. The van der Waals surface area contributed by atoms with E-state index < -0.39 is 0 Å². The van der Waals surface area contributed by atoms with E-state index in [1.807, 2.05) is 4.90 Å². The summed E-state index contributed by atoms with van der Waals surface area (Å²) in [5.74, 6) is 2.84. The third-order valence-corrected chi connectivity index (χ3v) is 6.87. The normalized spacial score (nSPS) is 40.7. The second-order valence-electron chi connectivity index (χ2n) is 8.63. The summed E-state index contributed by atoms with van der Waals surface area (Å²) in [6.07, 6.45) is 8.24. The van der Waals surface area contributed by atoms with Gasteiger partial charge in [0, 0.05) is 19.1 Å². The number of rotatable bonds is 4. The number of carbonyl (C=O) groups excluding carboxylic acids is 2. The molecule has 0 aromatic heterocycles. The van der Waals surface area contributed by atoms with Gasteiger partial charge in [0.05, 0.1) is 13.1 Å². The van der Waals surface area contributed by atoms with E-state index in [1.165, 1.54) is 38.5 Å². The molecule has 0 radical (unpaired) electrons. The van der Waals surface area contributed by atoms with E-state index in [-0.39, 0.29) is 17.9 Å². The standard InChI is InChI=1S/C18H29N3O2/c1-12(20-17(23)11-21-3-2-19-16(22)10-21)18-7-13-4-14(8-18)6-15(5-13)9-18/h12-15H,2-11H2,1H3,(H,19,22)(H,20,23). The van der Waals surface area contributed by atoms with E-state index in [9.17, 15) is 9.59 Å². The first-order chi connectivity index (χ1) is 11.0. The summed E-state index contributed by atoms with van der Waals surface area (Å²) in [5, 5.41) is 6.09. The van der Waals surface area contributed by atoms with E-state index in [4.69, 9.17) is 0 Å². The molecular formula is C18H29N3O2. The van der Waals surface area contributed by atoms with Crippen LogP contribution in [0, 0.1) is 23.2 Å². The molecule has 1 unspecified atom stereocenters. The third kappa shape index (κ3) is 3.00. The van der Waals surface area contributed by atoms with Gasteiger partial charge in [0.15, 0.2) is 0 Å². The van der Waals surface area contributed by atoms with Gasteiger partial charge >= 0.3 is 0 Å². The number of carbonyl (C=O) groups is 2. The molecule has 1 saturated heterocycles. The van der Waals surface area contributed by atoms with Gasteiger partial charge in [-0.2, -0.15) is 0 Å². The van der Waals surface area contributed by atoms with Crippen molar-refractivity contribution in [1.29, 1.82) is 0 Å². The maximum atomic E-state index is 12.4. The maximum Gasteiger partial charge on any atom is 0.234 e. The fraction of sp³-hybridized carbons (Fsp3) is 0.889. The van der Waals surface area contributed by atoms with E-state index in [2.05, 4.69) is 17.6 Å². The van der Waals surface area contributed by atoms with E-state index in [0.29, 0.717) is 25.0 Å². The number of nitrogens with zero attached hydrogens (tertiary/aromatic N) is 1. The summed E-state index contributed by atoms with van der Waals surface area (Å²) in [6.45, 7) is 4.33. The van der Waals surface area contributed by atoms with Crippen molar-refractivity contribution in [1.82, 2.24) is 15.5 Å². The lowest BCUT2D eigenvalue weighted by molar-refractivity contribution is -0.129. The molecule has 2 amide bonds. The van der Waals surface area contributed by atoms with Crippen molar-refractivity contribution in [3.8, 4) is 0 Å².